The highest BCUT2D eigenvalue weighted by Gasteiger charge is 2.31. The maximum absolute atomic E-state index is 13.5. The molecule has 0 bridgehead atoms. The molecule has 5 aromatic carbocycles. The summed E-state index contributed by atoms with van der Waals surface area (Å²) in [6, 6.07) is 34.8. The minimum atomic E-state index is -4.38. The molecule has 0 fully saturated rings. The lowest BCUT2D eigenvalue weighted by atomic mass is 9.94. The van der Waals surface area contributed by atoms with Gasteiger partial charge in [0.05, 0.1) is 5.56 Å². The molecule has 0 saturated heterocycles. The molecular formula is C36H24F3NO. The Morgan fingerprint density at radius 1 is 0.634 bits per heavy atom. The normalized spacial score (nSPS) is 12.0. The van der Waals surface area contributed by atoms with E-state index in [2.05, 4.69) is 53.5 Å². The quantitative estimate of drug-likeness (QED) is 0.221. The molecule has 0 spiro atoms. The smallest absolute Gasteiger partial charge is 0.416 e. The summed E-state index contributed by atoms with van der Waals surface area (Å²) in [5.74, 6) is 0. The van der Waals surface area contributed by atoms with Gasteiger partial charge in [-0.25, -0.2) is 4.98 Å². The molecule has 41 heavy (non-hydrogen) atoms. The summed E-state index contributed by atoms with van der Waals surface area (Å²) in [7, 11) is 0. The maximum atomic E-state index is 13.5. The van der Waals surface area contributed by atoms with Crippen LogP contribution in [0, 0.1) is 0 Å². The number of halogens is 3. The van der Waals surface area contributed by atoms with Crippen molar-refractivity contribution in [2.24, 2.45) is 0 Å². The molecule has 0 N–H and O–H groups in total. The summed E-state index contributed by atoms with van der Waals surface area (Å²) in [5, 5.41) is 4.04. The SMILES string of the molecule is CCc1cc(-c2ccc3cc(-c4ccc(-c5cccc6c5oc5ncccc56)cc4)ccc3c2)cc(C(F)(F)F)c1. The predicted octanol–water partition coefficient (Wildman–Crippen LogP) is 10.7. The maximum Gasteiger partial charge on any atom is 0.416 e. The van der Waals surface area contributed by atoms with Crippen LogP contribution in [0.1, 0.15) is 18.1 Å². The Hall–Kier alpha value is -4.90. The van der Waals surface area contributed by atoms with Gasteiger partial charge in [0.2, 0.25) is 5.71 Å². The van der Waals surface area contributed by atoms with Crippen molar-refractivity contribution in [3.8, 4) is 33.4 Å². The topological polar surface area (TPSA) is 26.0 Å². The number of alkyl halides is 3. The van der Waals surface area contributed by atoms with Gasteiger partial charge in [-0.3, -0.25) is 0 Å². The second kappa shape index (κ2) is 9.63. The zero-order valence-electron chi connectivity index (χ0n) is 22.2. The van der Waals surface area contributed by atoms with E-state index >= 15 is 0 Å². The molecule has 0 saturated carbocycles. The Balaban J connectivity index is 1.21. The van der Waals surface area contributed by atoms with Gasteiger partial charge in [-0.05, 0) is 87.0 Å². The Morgan fingerprint density at radius 3 is 2.00 bits per heavy atom. The number of para-hydroxylation sites is 1. The van der Waals surface area contributed by atoms with E-state index < -0.39 is 11.7 Å². The highest BCUT2D eigenvalue weighted by atomic mass is 19.4. The average Bonchev–Trinajstić information content (AvgIpc) is 3.39. The molecule has 0 amide bonds. The molecule has 0 atom stereocenters. The number of nitrogens with zero attached hydrogens (tertiary/aromatic N) is 1. The summed E-state index contributed by atoms with van der Waals surface area (Å²) >= 11 is 0. The second-order valence-corrected chi connectivity index (χ2v) is 10.3. The first-order valence-corrected chi connectivity index (χ1v) is 13.5. The standard InChI is InChI=1S/C36H24F3NO/c1-2-22-17-29(21-30(18-22)36(37,38)39)28-15-14-26-19-25(12-13-27(26)20-28)23-8-10-24(11-9-23)31-5-3-6-32-33-7-4-16-40-35(33)41-34(31)32/h3-21H,2H2,1H3. The molecule has 0 aliphatic carbocycles. The van der Waals surface area contributed by atoms with Gasteiger partial charge >= 0.3 is 6.18 Å². The molecule has 0 radical (unpaired) electrons. The Bertz CT molecular complexity index is 2070. The molecule has 5 heteroatoms. The van der Waals surface area contributed by atoms with Crippen LogP contribution in [0.2, 0.25) is 0 Å². The largest absolute Gasteiger partial charge is 0.437 e. The molecule has 2 heterocycles. The molecule has 0 unspecified atom stereocenters. The lowest BCUT2D eigenvalue weighted by Crippen LogP contribution is -2.06. The van der Waals surface area contributed by atoms with Gasteiger partial charge in [-0.1, -0.05) is 79.7 Å². The zero-order valence-corrected chi connectivity index (χ0v) is 22.2. The van der Waals surface area contributed by atoms with Crippen molar-refractivity contribution in [1.82, 2.24) is 4.98 Å². The first-order chi connectivity index (χ1) is 19.9. The van der Waals surface area contributed by atoms with Gasteiger partial charge in [0.25, 0.3) is 0 Å². The fraction of sp³-hybridized carbons (Fsp3) is 0.0833. The molecular weight excluding hydrogens is 519 g/mol. The van der Waals surface area contributed by atoms with Crippen LogP contribution in [-0.2, 0) is 12.6 Å². The monoisotopic (exact) mass is 543 g/mol. The number of benzene rings is 5. The Kier molecular flexibility index (Phi) is 5.89. The molecule has 2 aromatic heterocycles. The van der Waals surface area contributed by atoms with Gasteiger partial charge in [0.15, 0.2) is 0 Å². The zero-order chi connectivity index (χ0) is 28.1. The number of hydrogen-bond donors (Lipinski definition) is 0. The van der Waals surface area contributed by atoms with Crippen LogP contribution in [0.5, 0.6) is 0 Å². The van der Waals surface area contributed by atoms with Crippen LogP contribution < -0.4 is 0 Å². The molecule has 2 nitrogen and oxygen atoms in total. The van der Waals surface area contributed by atoms with E-state index in [4.69, 9.17) is 4.42 Å². The summed E-state index contributed by atoms with van der Waals surface area (Å²) in [6.45, 7) is 1.87. The molecule has 200 valence electrons. The summed E-state index contributed by atoms with van der Waals surface area (Å²) in [6.07, 6.45) is -2.11. The van der Waals surface area contributed by atoms with Crippen molar-refractivity contribution >= 4 is 32.8 Å². The van der Waals surface area contributed by atoms with Crippen molar-refractivity contribution in [2.75, 3.05) is 0 Å². The molecule has 7 rings (SSSR count). The van der Waals surface area contributed by atoms with Crippen LogP contribution in [0.25, 0.3) is 66.2 Å². The summed E-state index contributed by atoms with van der Waals surface area (Å²) in [5.41, 5.74) is 7.06. The van der Waals surface area contributed by atoms with E-state index in [-0.39, 0.29) is 0 Å². The van der Waals surface area contributed by atoms with E-state index in [0.29, 0.717) is 23.3 Å². The van der Waals surface area contributed by atoms with E-state index in [1.165, 1.54) is 12.1 Å². The highest BCUT2D eigenvalue weighted by Crippen LogP contribution is 2.37. The van der Waals surface area contributed by atoms with Gasteiger partial charge < -0.3 is 4.42 Å². The van der Waals surface area contributed by atoms with Crippen LogP contribution in [-0.4, -0.2) is 4.98 Å². The van der Waals surface area contributed by atoms with Crippen molar-refractivity contribution in [1.29, 1.82) is 0 Å². The van der Waals surface area contributed by atoms with Gasteiger partial charge in [-0.2, -0.15) is 13.2 Å². The summed E-state index contributed by atoms with van der Waals surface area (Å²) < 4.78 is 46.6. The Morgan fingerprint density at radius 2 is 1.29 bits per heavy atom. The van der Waals surface area contributed by atoms with Gasteiger partial charge in [-0.15, -0.1) is 0 Å². The van der Waals surface area contributed by atoms with Crippen LogP contribution >= 0.6 is 0 Å². The van der Waals surface area contributed by atoms with Crippen molar-refractivity contribution < 1.29 is 17.6 Å². The van der Waals surface area contributed by atoms with E-state index in [1.807, 2.05) is 55.5 Å². The van der Waals surface area contributed by atoms with Crippen molar-refractivity contribution in [2.45, 2.75) is 19.5 Å². The number of aryl methyl sites for hydroxylation is 1. The van der Waals surface area contributed by atoms with Gasteiger partial charge in [0.1, 0.15) is 5.58 Å². The number of rotatable bonds is 4. The first-order valence-electron chi connectivity index (χ1n) is 13.5. The lowest BCUT2D eigenvalue weighted by Gasteiger charge is -2.13. The average molecular weight is 544 g/mol. The van der Waals surface area contributed by atoms with Gasteiger partial charge in [0, 0.05) is 22.5 Å². The molecule has 7 aromatic rings. The van der Waals surface area contributed by atoms with E-state index in [9.17, 15) is 13.2 Å². The minimum Gasteiger partial charge on any atom is -0.437 e. The molecule has 0 aliphatic heterocycles. The predicted molar refractivity (Wildman–Crippen MR) is 160 cm³/mol. The third kappa shape index (κ3) is 4.53. The third-order valence-electron chi connectivity index (χ3n) is 7.71. The van der Waals surface area contributed by atoms with Crippen LogP contribution in [0.15, 0.2) is 120 Å². The minimum absolute atomic E-state index is 0.539. The van der Waals surface area contributed by atoms with Crippen molar-refractivity contribution in [3.05, 3.63) is 127 Å². The van der Waals surface area contributed by atoms with E-state index in [1.54, 1.807) is 6.20 Å². The highest BCUT2D eigenvalue weighted by molar-refractivity contribution is 6.08. The van der Waals surface area contributed by atoms with Crippen LogP contribution in [0.4, 0.5) is 13.2 Å². The fourth-order valence-corrected chi connectivity index (χ4v) is 5.53. The fourth-order valence-electron chi connectivity index (χ4n) is 5.53. The number of hydrogen-bond acceptors (Lipinski definition) is 2. The number of furan rings is 1. The summed E-state index contributed by atoms with van der Waals surface area (Å²) in [4.78, 5) is 4.36. The second-order valence-electron chi connectivity index (χ2n) is 10.3. The molecule has 0 aliphatic rings. The number of aromatic nitrogens is 1. The number of pyridine rings is 1. The first kappa shape index (κ1) is 25.1. The third-order valence-corrected chi connectivity index (χ3v) is 7.71. The van der Waals surface area contributed by atoms with Crippen LogP contribution in [0.3, 0.4) is 0 Å². The van der Waals surface area contributed by atoms with Crippen molar-refractivity contribution in [3.63, 3.8) is 0 Å². The van der Waals surface area contributed by atoms with E-state index in [0.717, 1.165) is 54.9 Å². The number of fused-ring (bicyclic) bond motifs is 4. The Labute approximate surface area is 234 Å². The lowest BCUT2D eigenvalue weighted by molar-refractivity contribution is -0.137.